The Hall–Kier alpha value is -0.800. The molecule has 1 aromatic heterocycles. The van der Waals surface area contributed by atoms with Crippen LogP contribution in [0.2, 0.25) is 5.02 Å². The van der Waals surface area contributed by atoms with E-state index in [1.54, 1.807) is 13.2 Å². The maximum atomic E-state index is 8.97. The van der Waals surface area contributed by atoms with Crippen molar-refractivity contribution in [3.63, 3.8) is 0 Å². The van der Waals surface area contributed by atoms with E-state index in [9.17, 15) is 0 Å². The van der Waals surface area contributed by atoms with Gasteiger partial charge in [0.1, 0.15) is 0 Å². The average molecular weight is 230 g/mol. The Morgan fingerprint density at radius 1 is 1.53 bits per heavy atom. The summed E-state index contributed by atoms with van der Waals surface area (Å²) in [7, 11) is 1.56. The summed E-state index contributed by atoms with van der Waals surface area (Å²) >= 11 is 6.10. The molecule has 0 spiro atoms. The lowest BCUT2D eigenvalue weighted by Crippen LogP contribution is -2.00. The van der Waals surface area contributed by atoms with Crippen molar-refractivity contribution >= 4 is 11.6 Å². The van der Waals surface area contributed by atoms with Gasteiger partial charge in [-0.05, 0) is 18.9 Å². The lowest BCUT2D eigenvalue weighted by molar-refractivity contribution is 0.274. The van der Waals surface area contributed by atoms with Crippen LogP contribution in [0.3, 0.4) is 0 Å². The first-order valence-electron chi connectivity index (χ1n) is 5.06. The van der Waals surface area contributed by atoms with E-state index < -0.39 is 0 Å². The van der Waals surface area contributed by atoms with Crippen molar-refractivity contribution in [3.8, 4) is 5.88 Å². The summed E-state index contributed by atoms with van der Waals surface area (Å²) < 4.78 is 5.16. The second-order valence-corrected chi connectivity index (χ2v) is 3.75. The average Bonchev–Trinajstić information content (AvgIpc) is 2.26. The second kappa shape index (κ2) is 5.93. The van der Waals surface area contributed by atoms with Crippen LogP contribution in [0.1, 0.15) is 31.0 Å². The van der Waals surface area contributed by atoms with Gasteiger partial charge >= 0.3 is 0 Å². The summed E-state index contributed by atoms with van der Waals surface area (Å²) in [4.78, 5) is 4.17. The molecule has 0 fully saturated rings. The number of rotatable bonds is 5. The van der Waals surface area contributed by atoms with Gasteiger partial charge in [0.05, 0.1) is 24.4 Å². The Labute approximate surface area is 95.1 Å². The highest BCUT2D eigenvalue weighted by Gasteiger charge is 2.11. The van der Waals surface area contributed by atoms with E-state index in [4.69, 9.17) is 21.4 Å². The normalized spacial score (nSPS) is 10.4. The van der Waals surface area contributed by atoms with Crippen LogP contribution in [0, 0.1) is 0 Å². The number of pyridine rings is 1. The second-order valence-electron chi connectivity index (χ2n) is 3.34. The number of nitrogens with zero attached hydrogens (tertiary/aromatic N) is 1. The van der Waals surface area contributed by atoms with Gasteiger partial charge in [-0.15, -0.1) is 0 Å². The Balaban J connectivity index is 3.01. The first-order chi connectivity index (χ1) is 7.22. The van der Waals surface area contributed by atoms with E-state index in [-0.39, 0.29) is 6.61 Å². The van der Waals surface area contributed by atoms with Gasteiger partial charge in [0.15, 0.2) is 0 Å². The molecule has 0 amide bonds. The summed E-state index contributed by atoms with van der Waals surface area (Å²) in [6.45, 7) is 2.00. The van der Waals surface area contributed by atoms with Crippen LogP contribution in [0.4, 0.5) is 0 Å². The maximum absolute atomic E-state index is 8.97. The number of ether oxygens (including phenoxy) is 1. The van der Waals surface area contributed by atoms with Crippen LogP contribution in [-0.4, -0.2) is 17.2 Å². The first kappa shape index (κ1) is 12.3. The Kier molecular flexibility index (Phi) is 4.85. The smallest absolute Gasteiger partial charge is 0.218 e. The molecular weight excluding hydrogens is 214 g/mol. The van der Waals surface area contributed by atoms with Gasteiger partial charge < -0.3 is 9.84 Å². The van der Waals surface area contributed by atoms with E-state index in [0.29, 0.717) is 16.6 Å². The molecule has 1 rings (SSSR count). The molecule has 0 aromatic carbocycles. The molecule has 84 valence electrons. The Morgan fingerprint density at radius 3 is 2.80 bits per heavy atom. The molecule has 0 saturated heterocycles. The maximum Gasteiger partial charge on any atom is 0.218 e. The summed E-state index contributed by atoms with van der Waals surface area (Å²) in [5.74, 6) is 0.528. The zero-order valence-corrected chi connectivity index (χ0v) is 9.84. The van der Waals surface area contributed by atoms with Crippen molar-refractivity contribution in [3.05, 3.63) is 22.3 Å². The zero-order chi connectivity index (χ0) is 11.3. The number of hydrogen-bond donors (Lipinski definition) is 1. The number of hydrogen-bond acceptors (Lipinski definition) is 3. The van der Waals surface area contributed by atoms with Gasteiger partial charge in [0.2, 0.25) is 5.88 Å². The molecule has 15 heavy (non-hydrogen) atoms. The van der Waals surface area contributed by atoms with E-state index in [1.807, 2.05) is 0 Å². The lowest BCUT2D eigenvalue weighted by atomic mass is 10.1. The minimum Gasteiger partial charge on any atom is -0.481 e. The van der Waals surface area contributed by atoms with Gasteiger partial charge in [-0.25, -0.2) is 4.98 Å². The van der Waals surface area contributed by atoms with Crippen molar-refractivity contribution in [2.45, 2.75) is 32.8 Å². The van der Waals surface area contributed by atoms with Gasteiger partial charge in [-0.3, -0.25) is 0 Å². The minimum absolute atomic E-state index is 0.121. The number of halogens is 1. The molecule has 0 radical (unpaired) electrons. The molecular formula is C11H16ClNO2. The molecule has 0 aliphatic carbocycles. The zero-order valence-electron chi connectivity index (χ0n) is 9.09. The largest absolute Gasteiger partial charge is 0.481 e. The third kappa shape index (κ3) is 3.08. The van der Waals surface area contributed by atoms with Gasteiger partial charge in [-0.1, -0.05) is 24.9 Å². The van der Waals surface area contributed by atoms with E-state index >= 15 is 0 Å². The van der Waals surface area contributed by atoms with Crippen molar-refractivity contribution in [2.75, 3.05) is 7.11 Å². The number of aliphatic hydroxyl groups excluding tert-OH is 1. The van der Waals surface area contributed by atoms with Crippen LogP contribution in [0.25, 0.3) is 0 Å². The van der Waals surface area contributed by atoms with Crippen molar-refractivity contribution in [2.24, 2.45) is 0 Å². The molecule has 0 atom stereocenters. The number of unbranched alkanes of at least 4 members (excludes halogenated alkanes) is 1. The fourth-order valence-corrected chi connectivity index (χ4v) is 1.70. The van der Waals surface area contributed by atoms with Crippen LogP contribution in [0.5, 0.6) is 5.88 Å². The molecule has 0 saturated carbocycles. The summed E-state index contributed by atoms with van der Waals surface area (Å²) in [6, 6.07) is 1.69. The van der Waals surface area contributed by atoms with Gasteiger partial charge in [0, 0.05) is 5.56 Å². The quantitative estimate of drug-likeness (QED) is 0.844. The number of aromatic nitrogens is 1. The molecule has 1 heterocycles. The molecule has 3 nitrogen and oxygen atoms in total. The molecule has 0 aliphatic heterocycles. The van der Waals surface area contributed by atoms with Crippen LogP contribution in [-0.2, 0) is 13.0 Å². The van der Waals surface area contributed by atoms with E-state index in [1.165, 1.54) is 0 Å². The van der Waals surface area contributed by atoms with Gasteiger partial charge in [-0.2, -0.15) is 0 Å². The van der Waals surface area contributed by atoms with Crippen molar-refractivity contribution < 1.29 is 9.84 Å². The summed E-state index contributed by atoms with van der Waals surface area (Å²) in [6.07, 6.45) is 3.01. The van der Waals surface area contributed by atoms with Crippen molar-refractivity contribution in [1.29, 1.82) is 0 Å². The monoisotopic (exact) mass is 229 g/mol. The third-order valence-electron chi connectivity index (χ3n) is 2.22. The predicted molar refractivity (Wildman–Crippen MR) is 60.3 cm³/mol. The number of aliphatic hydroxyl groups is 1. The predicted octanol–water partition coefficient (Wildman–Crippen LogP) is 2.58. The van der Waals surface area contributed by atoms with E-state index in [0.717, 1.165) is 24.8 Å². The molecule has 1 N–H and O–H groups in total. The highest BCUT2D eigenvalue weighted by molar-refractivity contribution is 6.31. The Morgan fingerprint density at radius 2 is 2.27 bits per heavy atom. The topological polar surface area (TPSA) is 42.4 Å². The lowest BCUT2D eigenvalue weighted by Gasteiger charge is -2.10. The fraction of sp³-hybridized carbons (Fsp3) is 0.545. The fourth-order valence-electron chi connectivity index (χ4n) is 1.40. The van der Waals surface area contributed by atoms with Gasteiger partial charge in [0.25, 0.3) is 0 Å². The summed E-state index contributed by atoms with van der Waals surface area (Å²) in [5, 5.41) is 9.60. The third-order valence-corrected chi connectivity index (χ3v) is 2.56. The molecule has 1 aromatic rings. The molecule has 0 unspecified atom stereocenters. The number of methoxy groups -OCH3 is 1. The van der Waals surface area contributed by atoms with Crippen molar-refractivity contribution in [1.82, 2.24) is 4.98 Å². The van der Waals surface area contributed by atoms with Crippen LogP contribution >= 0.6 is 11.6 Å². The first-order valence-corrected chi connectivity index (χ1v) is 5.43. The standard InChI is InChI=1S/C11H16ClNO2/c1-3-4-5-9-10(12)6-8(7-14)13-11(9)15-2/h6,14H,3-5,7H2,1-2H3. The van der Waals surface area contributed by atoms with Crippen LogP contribution in [0.15, 0.2) is 6.07 Å². The Bertz CT molecular complexity index is 329. The minimum atomic E-state index is -0.121. The molecule has 4 heteroatoms. The highest BCUT2D eigenvalue weighted by atomic mass is 35.5. The highest BCUT2D eigenvalue weighted by Crippen LogP contribution is 2.27. The molecule has 0 aliphatic rings. The molecule has 0 bridgehead atoms. The van der Waals surface area contributed by atoms with E-state index in [2.05, 4.69) is 11.9 Å². The van der Waals surface area contributed by atoms with Crippen LogP contribution < -0.4 is 4.74 Å². The SMILES string of the molecule is CCCCc1c(Cl)cc(CO)nc1OC. The summed E-state index contributed by atoms with van der Waals surface area (Å²) in [5.41, 5.74) is 1.47.